The van der Waals surface area contributed by atoms with E-state index < -0.39 is 20.2 Å². The number of fused-ring (bicyclic) bond motifs is 1. The topological polar surface area (TPSA) is 200 Å². The average molecular weight is 402 g/mol. The fourth-order valence-electron chi connectivity index (χ4n) is 1.70. The highest BCUT2D eigenvalue weighted by atomic mass is 31.1. The summed E-state index contributed by atoms with van der Waals surface area (Å²) in [5.74, 6) is -2.20. The highest BCUT2D eigenvalue weighted by Gasteiger charge is 2.15. The predicted molar refractivity (Wildman–Crippen MR) is 90.5 cm³/mol. The maximum Gasteiger partial charge on any atom is 0.697 e. The number of carbonyl (C=O) groups is 2. The summed E-state index contributed by atoms with van der Waals surface area (Å²) in [5, 5.41) is 15.6. The number of anilines is 1. The number of nitrogens with two attached hydrogens (primary N) is 1. The van der Waals surface area contributed by atoms with Gasteiger partial charge in [-0.15, -0.1) is 4.89 Å². The molecule has 0 aliphatic heterocycles. The third-order valence-electron chi connectivity index (χ3n) is 2.77. The van der Waals surface area contributed by atoms with Crippen LogP contribution in [-0.2, 0) is 30.0 Å². The lowest BCUT2D eigenvalue weighted by molar-refractivity contribution is -0.134. The molecule has 27 heavy (non-hydrogen) atoms. The molecule has 0 saturated carbocycles. The van der Waals surface area contributed by atoms with E-state index in [4.69, 9.17) is 25.6 Å². The van der Waals surface area contributed by atoms with E-state index in [1.165, 1.54) is 6.33 Å². The lowest BCUT2D eigenvalue weighted by Gasteiger charge is -2.11. The first-order valence-electron chi connectivity index (χ1n) is 7.16. The summed E-state index contributed by atoms with van der Waals surface area (Å²) in [5.41, 5.74) is 6.82. The van der Waals surface area contributed by atoms with Crippen LogP contribution in [0.4, 0.5) is 5.82 Å². The normalized spacial score (nSPS) is 12.4. The van der Waals surface area contributed by atoms with Gasteiger partial charge in [-0.3, -0.25) is 0 Å². The molecule has 2 atom stereocenters. The van der Waals surface area contributed by atoms with Crippen LogP contribution in [-0.4, -0.2) is 59.5 Å². The number of nitrogens with zero attached hydrogens (tertiary/aromatic N) is 4. The van der Waals surface area contributed by atoms with Crippen molar-refractivity contribution in [1.82, 2.24) is 19.5 Å². The molecule has 5 N–H and O–H groups in total. The van der Waals surface area contributed by atoms with Crippen molar-refractivity contribution in [3.05, 3.63) is 24.8 Å². The summed E-state index contributed by atoms with van der Waals surface area (Å²) < 4.78 is 21.7. The summed E-state index contributed by atoms with van der Waals surface area (Å²) >= 11 is 0. The first-order valence-corrected chi connectivity index (χ1v) is 8.29. The summed E-state index contributed by atoms with van der Waals surface area (Å²) in [6, 6.07) is 0. The average Bonchev–Trinajstić information content (AvgIpc) is 2.97. The molecule has 0 radical (unpaired) electrons. The zero-order chi connectivity index (χ0) is 20.4. The molecule has 2 heterocycles. The molecule has 0 spiro atoms. The molecular weight excluding hydrogens is 385 g/mol. The highest BCUT2D eigenvalue weighted by Crippen LogP contribution is 2.16. The SMILES string of the molecule is CC(Cn1cnc2c(N)ncnc21)OCO[P+](=O)O.O=C(O)/C=C/C(=O)O. The Balaban J connectivity index is 0.000000387. The lowest BCUT2D eigenvalue weighted by Crippen LogP contribution is -2.17. The molecule has 2 aromatic rings. The van der Waals surface area contributed by atoms with Crippen molar-refractivity contribution in [2.75, 3.05) is 12.5 Å². The minimum absolute atomic E-state index is 0.247. The van der Waals surface area contributed by atoms with Crippen LogP contribution in [0.25, 0.3) is 11.2 Å². The molecule has 0 bridgehead atoms. The lowest BCUT2D eigenvalue weighted by atomic mass is 10.4. The van der Waals surface area contributed by atoms with Crippen LogP contribution in [0.3, 0.4) is 0 Å². The monoisotopic (exact) mass is 402 g/mol. The number of aliphatic carboxylic acids is 2. The summed E-state index contributed by atoms with van der Waals surface area (Å²) in [7, 11) is -2.65. The minimum Gasteiger partial charge on any atom is -0.478 e. The van der Waals surface area contributed by atoms with Gasteiger partial charge in [0.1, 0.15) is 11.8 Å². The summed E-state index contributed by atoms with van der Waals surface area (Å²) in [6.07, 6.45) is 3.82. The summed E-state index contributed by atoms with van der Waals surface area (Å²) in [4.78, 5) is 39.6. The second-order valence-corrected chi connectivity index (χ2v) is 5.53. The van der Waals surface area contributed by atoms with Crippen LogP contribution in [0.2, 0.25) is 0 Å². The Morgan fingerprint density at radius 3 is 2.48 bits per heavy atom. The van der Waals surface area contributed by atoms with E-state index in [9.17, 15) is 14.2 Å². The Labute approximate surface area is 153 Å². The van der Waals surface area contributed by atoms with Crippen LogP contribution >= 0.6 is 8.25 Å². The minimum atomic E-state index is -2.65. The van der Waals surface area contributed by atoms with E-state index >= 15 is 0 Å². The van der Waals surface area contributed by atoms with Gasteiger partial charge in [0.15, 0.2) is 11.5 Å². The Kier molecular flexibility index (Phi) is 8.89. The van der Waals surface area contributed by atoms with E-state index in [1.54, 1.807) is 17.8 Å². The Hall–Kier alpha value is -2.99. The molecule has 2 aromatic heterocycles. The van der Waals surface area contributed by atoms with E-state index in [0.29, 0.717) is 35.7 Å². The maximum atomic E-state index is 10.3. The van der Waals surface area contributed by atoms with Crippen molar-refractivity contribution >= 4 is 37.2 Å². The fraction of sp³-hybridized carbons (Fsp3) is 0.308. The zero-order valence-electron chi connectivity index (χ0n) is 14.0. The smallest absolute Gasteiger partial charge is 0.478 e. The molecule has 0 aromatic carbocycles. The molecular formula is C13H17N5O8P+. The van der Waals surface area contributed by atoms with E-state index in [0.717, 1.165) is 0 Å². The van der Waals surface area contributed by atoms with Crippen LogP contribution in [0.5, 0.6) is 0 Å². The van der Waals surface area contributed by atoms with Crippen LogP contribution in [0.15, 0.2) is 24.8 Å². The number of rotatable bonds is 8. The molecule has 0 fully saturated rings. The molecule has 0 saturated heterocycles. The molecule has 0 aliphatic rings. The Morgan fingerprint density at radius 1 is 1.30 bits per heavy atom. The summed E-state index contributed by atoms with van der Waals surface area (Å²) in [6.45, 7) is 2.00. The van der Waals surface area contributed by atoms with Crippen LogP contribution < -0.4 is 5.73 Å². The standard InChI is InChI=1S/C9H12N5O4P.C4H4O4/c1-6(17-5-18-19(15)16)2-14-4-13-7-8(10)11-3-12-9(7)14;5-3(6)1-2-4(7)8/h3-4,6H,2,5H2,1H3,(H2-,10,11,12,15,16);1-2H,(H,5,6)(H,7,8)/p+1/b;2-1+. The van der Waals surface area contributed by atoms with Gasteiger partial charge in [-0.1, -0.05) is 4.52 Å². The second kappa shape index (κ2) is 10.9. The van der Waals surface area contributed by atoms with Gasteiger partial charge in [0, 0.05) is 16.7 Å². The number of ether oxygens (including phenoxy) is 1. The van der Waals surface area contributed by atoms with Gasteiger partial charge in [-0.05, 0) is 6.92 Å². The zero-order valence-corrected chi connectivity index (χ0v) is 14.9. The molecule has 14 heteroatoms. The van der Waals surface area contributed by atoms with E-state index in [2.05, 4.69) is 19.5 Å². The maximum absolute atomic E-state index is 10.3. The van der Waals surface area contributed by atoms with Crippen molar-refractivity contribution < 1.29 is 38.5 Å². The number of aromatic nitrogens is 4. The molecule has 0 amide bonds. The van der Waals surface area contributed by atoms with Crippen molar-refractivity contribution in [1.29, 1.82) is 0 Å². The largest absolute Gasteiger partial charge is 0.697 e. The molecule has 146 valence electrons. The van der Waals surface area contributed by atoms with Gasteiger partial charge in [0.05, 0.1) is 19.0 Å². The molecule has 2 unspecified atom stereocenters. The van der Waals surface area contributed by atoms with Crippen molar-refractivity contribution in [3.8, 4) is 0 Å². The number of hydrogen-bond acceptors (Lipinski definition) is 9. The number of hydrogen-bond donors (Lipinski definition) is 4. The first kappa shape index (κ1) is 22.1. The predicted octanol–water partition coefficient (Wildman–Crippen LogP) is 0.149. The Bertz CT molecular complexity index is 823. The van der Waals surface area contributed by atoms with Gasteiger partial charge in [0.25, 0.3) is 0 Å². The molecule has 13 nitrogen and oxygen atoms in total. The number of nitrogen functional groups attached to an aromatic ring is 1. The van der Waals surface area contributed by atoms with E-state index in [-0.39, 0.29) is 12.9 Å². The van der Waals surface area contributed by atoms with Crippen LogP contribution in [0, 0.1) is 0 Å². The van der Waals surface area contributed by atoms with Crippen molar-refractivity contribution in [3.63, 3.8) is 0 Å². The highest BCUT2D eigenvalue weighted by molar-refractivity contribution is 7.32. The van der Waals surface area contributed by atoms with Gasteiger partial charge < -0.3 is 25.3 Å². The number of imidazole rings is 1. The number of carboxylic acid groups (broad SMARTS) is 2. The van der Waals surface area contributed by atoms with Crippen molar-refractivity contribution in [2.24, 2.45) is 0 Å². The van der Waals surface area contributed by atoms with Gasteiger partial charge in [0.2, 0.25) is 6.79 Å². The number of carboxylic acids is 2. The quantitative estimate of drug-likeness (QED) is 0.265. The Morgan fingerprint density at radius 2 is 1.93 bits per heavy atom. The third-order valence-corrected chi connectivity index (χ3v) is 3.09. The van der Waals surface area contributed by atoms with Crippen molar-refractivity contribution in [2.45, 2.75) is 19.6 Å². The van der Waals surface area contributed by atoms with E-state index in [1.807, 2.05) is 0 Å². The second-order valence-electron chi connectivity index (χ2n) is 4.80. The fourth-order valence-corrected chi connectivity index (χ4v) is 1.85. The molecule has 0 aliphatic carbocycles. The van der Waals surface area contributed by atoms with Gasteiger partial charge >= 0.3 is 20.2 Å². The van der Waals surface area contributed by atoms with Gasteiger partial charge in [-0.2, -0.15) is 0 Å². The molecule has 2 rings (SSSR count). The van der Waals surface area contributed by atoms with Crippen LogP contribution in [0.1, 0.15) is 6.92 Å². The third kappa shape index (κ3) is 8.29. The first-order chi connectivity index (χ1) is 12.7. The van der Waals surface area contributed by atoms with Gasteiger partial charge in [-0.25, -0.2) is 24.5 Å².